The van der Waals surface area contributed by atoms with E-state index < -0.39 is 41.5 Å². The lowest BCUT2D eigenvalue weighted by Crippen LogP contribution is -2.30. The van der Waals surface area contributed by atoms with Gasteiger partial charge in [-0.05, 0) is 61.0 Å². The molecule has 4 rings (SSSR count). The van der Waals surface area contributed by atoms with E-state index in [-0.39, 0.29) is 33.9 Å². The molecule has 0 aliphatic carbocycles. The Morgan fingerprint density at radius 1 is 0.974 bits per heavy atom. The summed E-state index contributed by atoms with van der Waals surface area (Å²) < 4.78 is 49.2. The molecule has 12 heteroatoms. The van der Waals surface area contributed by atoms with Crippen LogP contribution in [0.1, 0.15) is 49.1 Å². The average molecular weight is 561 g/mol. The molecule has 0 bridgehead atoms. The summed E-state index contributed by atoms with van der Waals surface area (Å²) in [7, 11) is 1.51. The van der Waals surface area contributed by atoms with Crippen LogP contribution in [0.5, 0.6) is 5.75 Å². The van der Waals surface area contributed by atoms with Gasteiger partial charge in [0.05, 0.1) is 46.6 Å². The van der Waals surface area contributed by atoms with Gasteiger partial charge in [-0.15, -0.1) is 0 Å². The van der Waals surface area contributed by atoms with Gasteiger partial charge in [-0.2, -0.15) is 13.2 Å². The number of rotatable bonds is 7. The second kappa shape index (κ2) is 10.8. The average Bonchev–Trinajstić information content (AvgIpc) is 3.13. The topological polar surface area (TPSA) is 102 Å². The summed E-state index contributed by atoms with van der Waals surface area (Å²) in [5.74, 6) is -2.43. The van der Waals surface area contributed by atoms with Gasteiger partial charge in [0.25, 0.3) is 17.7 Å². The van der Waals surface area contributed by atoms with Crippen molar-refractivity contribution in [3.63, 3.8) is 0 Å². The molecule has 202 valence electrons. The van der Waals surface area contributed by atoms with Crippen LogP contribution >= 0.6 is 11.6 Å². The minimum Gasteiger partial charge on any atom is -0.497 e. The second-order valence-corrected chi connectivity index (χ2v) is 8.94. The van der Waals surface area contributed by atoms with Gasteiger partial charge in [0.2, 0.25) is 0 Å². The van der Waals surface area contributed by atoms with Gasteiger partial charge in [-0.1, -0.05) is 23.7 Å². The number of amides is 3. The minimum atomic E-state index is -4.65. The lowest BCUT2D eigenvalue weighted by molar-refractivity contribution is -0.137. The fourth-order valence-corrected chi connectivity index (χ4v) is 3.95. The Morgan fingerprint density at radius 2 is 1.64 bits per heavy atom. The monoisotopic (exact) mass is 560 g/mol. The van der Waals surface area contributed by atoms with Gasteiger partial charge < -0.3 is 14.8 Å². The maximum absolute atomic E-state index is 13.0. The first-order valence-electron chi connectivity index (χ1n) is 11.4. The Hall–Kier alpha value is -4.38. The Bertz CT molecular complexity index is 1470. The molecule has 0 fully saturated rings. The predicted molar refractivity (Wildman–Crippen MR) is 134 cm³/mol. The molecule has 3 aromatic carbocycles. The van der Waals surface area contributed by atoms with Crippen molar-refractivity contribution in [1.29, 1.82) is 0 Å². The number of esters is 1. The first-order chi connectivity index (χ1) is 18.4. The number of methoxy groups -OCH3 is 1. The number of carbonyl (C=O) groups is 4. The van der Waals surface area contributed by atoms with Crippen molar-refractivity contribution in [1.82, 2.24) is 4.90 Å². The van der Waals surface area contributed by atoms with E-state index in [0.717, 1.165) is 17.0 Å². The molecular formula is C27H20ClF3N2O6. The van der Waals surface area contributed by atoms with Crippen molar-refractivity contribution >= 4 is 41.0 Å². The number of hydrogen-bond donors (Lipinski definition) is 1. The third kappa shape index (κ3) is 5.88. The highest BCUT2D eigenvalue weighted by Gasteiger charge is 2.36. The van der Waals surface area contributed by atoms with E-state index in [4.69, 9.17) is 21.1 Å². The Labute approximate surface area is 225 Å². The first-order valence-corrected chi connectivity index (χ1v) is 11.8. The van der Waals surface area contributed by atoms with Crippen molar-refractivity contribution in [2.75, 3.05) is 12.4 Å². The van der Waals surface area contributed by atoms with Gasteiger partial charge in [0.15, 0.2) is 6.10 Å². The van der Waals surface area contributed by atoms with Crippen LogP contribution in [0, 0.1) is 0 Å². The summed E-state index contributed by atoms with van der Waals surface area (Å²) >= 11 is 5.89. The van der Waals surface area contributed by atoms with Crippen LogP contribution in [0.25, 0.3) is 0 Å². The molecule has 1 N–H and O–H groups in total. The Balaban J connectivity index is 1.44. The third-order valence-electron chi connectivity index (χ3n) is 5.91. The van der Waals surface area contributed by atoms with E-state index >= 15 is 0 Å². The minimum absolute atomic E-state index is 0.00388. The van der Waals surface area contributed by atoms with Crippen molar-refractivity contribution in [2.45, 2.75) is 25.7 Å². The SMILES string of the molecule is COc1ccc(CN2C(=O)c3ccc(C(=O)OC(C)C(=O)Nc4cc(C(F)(F)F)ccc4Cl)cc3C2=O)cc1. The zero-order chi connectivity index (χ0) is 28.5. The number of carbonyl (C=O) groups excluding carboxylic acids is 4. The molecule has 3 amide bonds. The summed E-state index contributed by atoms with van der Waals surface area (Å²) in [6.45, 7) is 1.22. The molecule has 0 aromatic heterocycles. The number of nitrogens with zero attached hydrogens (tertiary/aromatic N) is 1. The molecule has 39 heavy (non-hydrogen) atoms. The summed E-state index contributed by atoms with van der Waals surface area (Å²) in [6.07, 6.45) is -6.08. The van der Waals surface area contributed by atoms with Crippen LogP contribution in [-0.4, -0.2) is 41.8 Å². The maximum atomic E-state index is 13.0. The smallest absolute Gasteiger partial charge is 0.416 e. The highest BCUT2D eigenvalue weighted by atomic mass is 35.5. The molecule has 8 nitrogen and oxygen atoms in total. The summed E-state index contributed by atoms with van der Waals surface area (Å²) in [5.41, 5.74) is -0.641. The predicted octanol–water partition coefficient (Wildman–Crippen LogP) is 5.35. The number of imide groups is 1. The van der Waals surface area contributed by atoms with Crippen LogP contribution in [0.15, 0.2) is 60.7 Å². The zero-order valence-electron chi connectivity index (χ0n) is 20.5. The van der Waals surface area contributed by atoms with Crippen LogP contribution in [0.3, 0.4) is 0 Å². The van der Waals surface area contributed by atoms with Gasteiger partial charge in [-0.25, -0.2) is 4.79 Å². The number of halogens is 4. The lowest BCUT2D eigenvalue weighted by Gasteiger charge is -2.16. The van der Waals surface area contributed by atoms with E-state index in [0.29, 0.717) is 17.4 Å². The van der Waals surface area contributed by atoms with Gasteiger partial charge in [-0.3, -0.25) is 19.3 Å². The standard InChI is InChI=1S/C27H20ClF3N2O6/c1-14(23(34)32-22-12-17(27(29,30)31)6-10-21(22)28)39-26(37)16-5-9-19-20(11-16)25(36)33(24(19)35)13-15-3-7-18(38-2)8-4-15/h3-12,14H,13H2,1-2H3,(H,32,34). The Morgan fingerprint density at radius 3 is 2.28 bits per heavy atom. The number of ether oxygens (including phenoxy) is 2. The van der Waals surface area contributed by atoms with Crippen molar-refractivity contribution in [2.24, 2.45) is 0 Å². The maximum Gasteiger partial charge on any atom is 0.416 e. The van der Waals surface area contributed by atoms with E-state index in [1.807, 2.05) is 0 Å². The van der Waals surface area contributed by atoms with Gasteiger partial charge in [0, 0.05) is 0 Å². The van der Waals surface area contributed by atoms with E-state index in [2.05, 4.69) is 5.32 Å². The molecule has 1 atom stereocenters. The van der Waals surface area contributed by atoms with Crippen LogP contribution in [0.2, 0.25) is 5.02 Å². The Kier molecular flexibility index (Phi) is 7.64. The molecule has 0 saturated carbocycles. The molecule has 3 aromatic rings. The second-order valence-electron chi connectivity index (χ2n) is 8.53. The lowest BCUT2D eigenvalue weighted by atomic mass is 10.1. The molecule has 0 saturated heterocycles. The number of alkyl halides is 3. The highest BCUT2D eigenvalue weighted by Crippen LogP contribution is 2.34. The van der Waals surface area contributed by atoms with Crippen LogP contribution in [-0.2, 0) is 22.3 Å². The molecule has 0 spiro atoms. The summed E-state index contributed by atoms with van der Waals surface area (Å²) in [4.78, 5) is 52.0. The molecule has 0 radical (unpaired) electrons. The first kappa shape index (κ1) is 27.6. The fourth-order valence-electron chi connectivity index (χ4n) is 3.79. The van der Waals surface area contributed by atoms with E-state index in [1.165, 1.54) is 32.2 Å². The number of fused-ring (bicyclic) bond motifs is 1. The summed E-state index contributed by atoms with van der Waals surface area (Å²) in [6, 6.07) is 13.0. The largest absolute Gasteiger partial charge is 0.497 e. The highest BCUT2D eigenvalue weighted by molar-refractivity contribution is 6.33. The van der Waals surface area contributed by atoms with Crippen LogP contribution in [0.4, 0.5) is 18.9 Å². The van der Waals surface area contributed by atoms with Gasteiger partial charge in [0.1, 0.15) is 5.75 Å². The van der Waals surface area contributed by atoms with E-state index in [1.54, 1.807) is 24.3 Å². The number of benzene rings is 3. The number of nitrogens with one attached hydrogen (secondary N) is 1. The quantitative estimate of drug-likeness (QED) is 0.309. The zero-order valence-corrected chi connectivity index (χ0v) is 21.2. The number of hydrogen-bond acceptors (Lipinski definition) is 6. The van der Waals surface area contributed by atoms with E-state index in [9.17, 15) is 32.3 Å². The van der Waals surface area contributed by atoms with Crippen molar-refractivity contribution in [3.8, 4) is 5.75 Å². The number of anilines is 1. The normalized spacial score (nSPS) is 13.6. The molecule has 1 unspecified atom stereocenters. The molecule has 1 heterocycles. The molecule has 1 aliphatic heterocycles. The van der Waals surface area contributed by atoms with Crippen LogP contribution < -0.4 is 10.1 Å². The third-order valence-corrected chi connectivity index (χ3v) is 6.24. The van der Waals surface area contributed by atoms with Gasteiger partial charge >= 0.3 is 12.1 Å². The molecule has 1 aliphatic rings. The molecular weight excluding hydrogens is 541 g/mol. The van der Waals surface area contributed by atoms with Crippen molar-refractivity contribution in [3.05, 3.63) is 93.5 Å². The summed E-state index contributed by atoms with van der Waals surface area (Å²) in [5, 5.41) is 2.07. The van der Waals surface area contributed by atoms with Crippen molar-refractivity contribution < 1.29 is 41.8 Å². The fraction of sp³-hybridized carbons (Fsp3) is 0.185.